The van der Waals surface area contributed by atoms with E-state index in [0.29, 0.717) is 0 Å². The van der Waals surface area contributed by atoms with Gasteiger partial charge in [-0.15, -0.1) is 0 Å². The maximum atomic E-state index is 5.19. The van der Waals surface area contributed by atoms with Crippen LogP contribution in [0.25, 0.3) is 11.4 Å². The van der Waals surface area contributed by atoms with Crippen LogP contribution in [-0.2, 0) is 0 Å². The van der Waals surface area contributed by atoms with Gasteiger partial charge in [-0.1, -0.05) is 0 Å². The molecule has 2 rings (SSSR count). The lowest BCUT2D eigenvalue weighted by Gasteiger charge is -2.05. The largest absolute Gasteiger partial charge is 0.496 e. The fraction of sp³-hybridized carbons (Fsp3) is 0.182. The average molecular weight is 188 g/mol. The van der Waals surface area contributed by atoms with E-state index in [1.807, 2.05) is 25.3 Å². The number of aromatic nitrogens is 2. The van der Waals surface area contributed by atoms with Crippen LogP contribution in [0.4, 0.5) is 0 Å². The molecule has 72 valence electrons. The molecule has 14 heavy (non-hydrogen) atoms. The highest BCUT2D eigenvalue weighted by molar-refractivity contribution is 5.58. The first kappa shape index (κ1) is 8.81. The Bertz CT molecular complexity index is 421. The summed E-state index contributed by atoms with van der Waals surface area (Å²) in [5.41, 5.74) is 2.19. The second-order valence-corrected chi connectivity index (χ2v) is 3.12. The Hall–Kier alpha value is -1.77. The molecular formula is C11H12N2O. The molecule has 0 radical (unpaired) electrons. The van der Waals surface area contributed by atoms with Crippen molar-refractivity contribution < 1.29 is 4.74 Å². The zero-order valence-corrected chi connectivity index (χ0v) is 8.24. The third-order valence-corrected chi connectivity index (χ3v) is 2.17. The van der Waals surface area contributed by atoms with E-state index in [0.717, 1.165) is 22.7 Å². The quantitative estimate of drug-likeness (QED) is 0.785. The van der Waals surface area contributed by atoms with Crippen LogP contribution in [0.2, 0.25) is 0 Å². The summed E-state index contributed by atoms with van der Waals surface area (Å²) in [7, 11) is 1.68. The van der Waals surface area contributed by atoms with Crippen molar-refractivity contribution in [2.45, 2.75) is 6.92 Å². The molecule has 0 saturated carbocycles. The highest BCUT2D eigenvalue weighted by Gasteiger charge is 2.02. The standard InChI is InChI=1S/C11H12N2O/c1-8-7-9(3-4-10(8)14-2)11-12-5-6-13-11/h3-7H,1-2H3,(H,12,13). The van der Waals surface area contributed by atoms with Crippen molar-refractivity contribution in [3.8, 4) is 17.1 Å². The van der Waals surface area contributed by atoms with Gasteiger partial charge in [0, 0.05) is 18.0 Å². The number of aromatic amines is 1. The number of hydrogen-bond donors (Lipinski definition) is 1. The molecule has 1 N–H and O–H groups in total. The molecule has 0 fully saturated rings. The maximum absolute atomic E-state index is 5.19. The van der Waals surface area contributed by atoms with Crippen LogP contribution in [-0.4, -0.2) is 17.1 Å². The lowest BCUT2D eigenvalue weighted by molar-refractivity contribution is 0.412. The predicted molar refractivity (Wildman–Crippen MR) is 55.3 cm³/mol. The van der Waals surface area contributed by atoms with Gasteiger partial charge >= 0.3 is 0 Å². The Morgan fingerprint density at radius 1 is 1.36 bits per heavy atom. The molecule has 3 heteroatoms. The van der Waals surface area contributed by atoms with E-state index in [1.165, 1.54) is 0 Å². The van der Waals surface area contributed by atoms with Crippen LogP contribution >= 0.6 is 0 Å². The van der Waals surface area contributed by atoms with E-state index < -0.39 is 0 Å². The molecule has 0 saturated heterocycles. The van der Waals surface area contributed by atoms with Crippen molar-refractivity contribution in [1.82, 2.24) is 9.97 Å². The van der Waals surface area contributed by atoms with Gasteiger partial charge in [0.25, 0.3) is 0 Å². The van der Waals surface area contributed by atoms with Crippen molar-refractivity contribution in [3.63, 3.8) is 0 Å². The topological polar surface area (TPSA) is 37.9 Å². The first-order chi connectivity index (χ1) is 6.81. The Balaban J connectivity index is 2.43. The molecule has 1 heterocycles. The van der Waals surface area contributed by atoms with E-state index in [4.69, 9.17) is 4.74 Å². The molecule has 0 unspecified atom stereocenters. The summed E-state index contributed by atoms with van der Waals surface area (Å²) >= 11 is 0. The number of methoxy groups -OCH3 is 1. The summed E-state index contributed by atoms with van der Waals surface area (Å²) in [6.07, 6.45) is 3.56. The molecule has 0 spiro atoms. The van der Waals surface area contributed by atoms with Crippen molar-refractivity contribution in [3.05, 3.63) is 36.2 Å². The molecule has 0 aliphatic rings. The lowest BCUT2D eigenvalue weighted by atomic mass is 10.1. The number of aryl methyl sites for hydroxylation is 1. The van der Waals surface area contributed by atoms with Crippen LogP contribution in [0.5, 0.6) is 5.75 Å². The second-order valence-electron chi connectivity index (χ2n) is 3.12. The van der Waals surface area contributed by atoms with Gasteiger partial charge in [0.15, 0.2) is 0 Å². The number of benzene rings is 1. The third kappa shape index (κ3) is 1.48. The van der Waals surface area contributed by atoms with Gasteiger partial charge in [-0.25, -0.2) is 4.98 Å². The van der Waals surface area contributed by atoms with Gasteiger partial charge in [0.2, 0.25) is 0 Å². The monoisotopic (exact) mass is 188 g/mol. The van der Waals surface area contributed by atoms with Crippen molar-refractivity contribution >= 4 is 0 Å². The number of hydrogen-bond acceptors (Lipinski definition) is 2. The van der Waals surface area contributed by atoms with Crippen LogP contribution in [0.15, 0.2) is 30.6 Å². The summed E-state index contributed by atoms with van der Waals surface area (Å²) < 4.78 is 5.19. The summed E-state index contributed by atoms with van der Waals surface area (Å²) in [6.45, 7) is 2.02. The molecule has 0 bridgehead atoms. The number of rotatable bonds is 2. The van der Waals surface area contributed by atoms with Crippen molar-refractivity contribution in [2.24, 2.45) is 0 Å². The molecule has 0 atom stereocenters. The van der Waals surface area contributed by atoms with E-state index in [9.17, 15) is 0 Å². The highest BCUT2D eigenvalue weighted by atomic mass is 16.5. The van der Waals surface area contributed by atoms with E-state index >= 15 is 0 Å². The van der Waals surface area contributed by atoms with Gasteiger partial charge in [0.1, 0.15) is 11.6 Å². The second kappa shape index (κ2) is 3.54. The predicted octanol–water partition coefficient (Wildman–Crippen LogP) is 2.39. The minimum atomic E-state index is 0.885. The number of nitrogens with zero attached hydrogens (tertiary/aromatic N) is 1. The first-order valence-electron chi connectivity index (χ1n) is 4.45. The first-order valence-corrected chi connectivity index (χ1v) is 4.45. The Morgan fingerprint density at radius 2 is 2.21 bits per heavy atom. The van der Waals surface area contributed by atoms with Gasteiger partial charge in [0.05, 0.1) is 7.11 Å². The summed E-state index contributed by atoms with van der Waals surface area (Å²) in [5, 5.41) is 0. The number of nitrogens with one attached hydrogen (secondary N) is 1. The van der Waals surface area contributed by atoms with Gasteiger partial charge in [-0.05, 0) is 30.7 Å². The fourth-order valence-corrected chi connectivity index (χ4v) is 1.45. The van der Waals surface area contributed by atoms with Crippen LogP contribution < -0.4 is 4.74 Å². The molecular weight excluding hydrogens is 176 g/mol. The zero-order valence-electron chi connectivity index (χ0n) is 8.24. The van der Waals surface area contributed by atoms with E-state index in [1.54, 1.807) is 13.3 Å². The van der Waals surface area contributed by atoms with E-state index in [-0.39, 0.29) is 0 Å². The molecule has 1 aromatic heterocycles. The van der Waals surface area contributed by atoms with Gasteiger partial charge in [-0.3, -0.25) is 0 Å². The van der Waals surface area contributed by atoms with Gasteiger partial charge < -0.3 is 9.72 Å². The SMILES string of the molecule is COc1ccc(-c2ncc[nH]2)cc1C. The maximum Gasteiger partial charge on any atom is 0.137 e. The number of ether oxygens (including phenoxy) is 1. The zero-order chi connectivity index (χ0) is 9.97. The third-order valence-electron chi connectivity index (χ3n) is 2.17. The van der Waals surface area contributed by atoms with Crippen LogP contribution in [0, 0.1) is 6.92 Å². The number of imidazole rings is 1. The molecule has 0 aliphatic carbocycles. The smallest absolute Gasteiger partial charge is 0.137 e. The average Bonchev–Trinajstić information content (AvgIpc) is 2.70. The fourth-order valence-electron chi connectivity index (χ4n) is 1.45. The van der Waals surface area contributed by atoms with Crippen molar-refractivity contribution in [2.75, 3.05) is 7.11 Å². The molecule has 2 aromatic rings. The Labute approximate surface area is 82.8 Å². The summed E-state index contributed by atoms with van der Waals surface area (Å²) in [6, 6.07) is 6.00. The minimum absolute atomic E-state index is 0.885. The molecule has 3 nitrogen and oxygen atoms in total. The van der Waals surface area contributed by atoms with E-state index in [2.05, 4.69) is 16.0 Å². The van der Waals surface area contributed by atoms with Crippen LogP contribution in [0.3, 0.4) is 0 Å². The summed E-state index contributed by atoms with van der Waals surface area (Å²) in [5.74, 6) is 1.79. The van der Waals surface area contributed by atoms with Crippen molar-refractivity contribution in [1.29, 1.82) is 0 Å². The lowest BCUT2D eigenvalue weighted by Crippen LogP contribution is -1.88. The van der Waals surface area contributed by atoms with Gasteiger partial charge in [-0.2, -0.15) is 0 Å². The molecule has 0 amide bonds. The Kier molecular flexibility index (Phi) is 2.23. The number of H-pyrrole nitrogens is 1. The highest BCUT2D eigenvalue weighted by Crippen LogP contribution is 2.23. The minimum Gasteiger partial charge on any atom is -0.496 e. The molecule has 1 aromatic carbocycles. The Morgan fingerprint density at radius 3 is 2.79 bits per heavy atom. The summed E-state index contributed by atoms with van der Waals surface area (Å²) in [4.78, 5) is 7.25. The van der Waals surface area contributed by atoms with Crippen LogP contribution in [0.1, 0.15) is 5.56 Å². The normalized spacial score (nSPS) is 10.1. The molecule has 0 aliphatic heterocycles.